The number of nitrogens with two attached hydrogens (primary N) is 1. The molecule has 0 saturated heterocycles. The van der Waals surface area contributed by atoms with Gasteiger partial charge in [0.05, 0.1) is 12.1 Å². The zero-order valence-corrected chi connectivity index (χ0v) is 11.8. The molecule has 3 N–H and O–H groups in total. The number of nitrogens with one attached hydrogen (secondary N) is 1. The largest absolute Gasteiger partial charge is 0.352 e. The molecule has 0 heterocycles. The summed E-state index contributed by atoms with van der Waals surface area (Å²) in [7, 11) is 0. The number of carbonyl (C=O) groups excluding carboxylic acids is 1. The molecular formula is C16H21FN2O. The van der Waals surface area contributed by atoms with E-state index in [-0.39, 0.29) is 18.0 Å². The molecule has 0 aromatic heterocycles. The predicted molar refractivity (Wildman–Crippen MR) is 78.8 cm³/mol. The first kappa shape index (κ1) is 16.2. The molecule has 0 aliphatic rings. The van der Waals surface area contributed by atoms with E-state index in [0.29, 0.717) is 12.1 Å². The Bertz CT molecular complexity index is 503. The second-order valence-corrected chi connectivity index (χ2v) is 4.52. The number of rotatable bonds is 6. The third-order valence-corrected chi connectivity index (χ3v) is 2.87. The standard InChI is InChI=1S/C16H21FN2O/c1-2-3-4-5-11-19-16(20)14-9-8-13(7-6-10-18)15(17)12-14/h8-9,12H,2-5,10-11,18H2,1H3,(H,19,20). The van der Waals surface area contributed by atoms with Gasteiger partial charge in [-0.15, -0.1) is 0 Å². The lowest BCUT2D eigenvalue weighted by Gasteiger charge is -2.05. The third-order valence-electron chi connectivity index (χ3n) is 2.87. The molecule has 0 saturated carbocycles. The van der Waals surface area contributed by atoms with Crippen LogP contribution in [0.3, 0.4) is 0 Å². The number of benzene rings is 1. The van der Waals surface area contributed by atoms with Crippen LogP contribution in [0.1, 0.15) is 48.5 Å². The van der Waals surface area contributed by atoms with Crippen molar-refractivity contribution in [2.75, 3.05) is 13.1 Å². The predicted octanol–water partition coefficient (Wildman–Crippen LogP) is 2.45. The van der Waals surface area contributed by atoms with E-state index in [2.05, 4.69) is 24.1 Å². The van der Waals surface area contributed by atoms with Gasteiger partial charge in [-0.2, -0.15) is 0 Å². The van der Waals surface area contributed by atoms with Gasteiger partial charge in [-0.25, -0.2) is 4.39 Å². The summed E-state index contributed by atoms with van der Waals surface area (Å²) in [5, 5.41) is 2.79. The first-order valence-corrected chi connectivity index (χ1v) is 6.95. The molecule has 0 aliphatic heterocycles. The summed E-state index contributed by atoms with van der Waals surface area (Å²) >= 11 is 0. The average Bonchev–Trinajstić information content (AvgIpc) is 2.45. The highest BCUT2D eigenvalue weighted by Crippen LogP contribution is 2.09. The Hall–Kier alpha value is -1.86. The first-order valence-electron chi connectivity index (χ1n) is 6.95. The maximum absolute atomic E-state index is 13.7. The molecule has 1 rings (SSSR count). The zero-order valence-electron chi connectivity index (χ0n) is 11.8. The summed E-state index contributed by atoms with van der Waals surface area (Å²) in [4.78, 5) is 11.8. The summed E-state index contributed by atoms with van der Waals surface area (Å²) in [6, 6.07) is 4.29. The molecule has 0 radical (unpaired) electrons. The normalized spacial score (nSPS) is 9.75. The van der Waals surface area contributed by atoms with Crippen LogP contribution in [-0.2, 0) is 0 Å². The SMILES string of the molecule is CCCCCCNC(=O)c1ccc(C#CCN)c(F)c1. The molecule has 0 aliphatic carbocycles. The topological polar surface area (TPSA) is 55.1 Å². The monoisotopic (exact) mass is 276 g/mol. The van der Waals surface area contributed by atoms with E-state index >= 15 is 0 Å². The average molecular weight is 276 g/mol. The van der Waals surface area contributed by atoms with Crippen LogP contribution < -0.4 is 11.1 Å². The molecular weight excluding hydrogens is 255 g/mol. The Morgan fingerprint density at radius 2 is 2.15 bits per heavy atom. The summed E-state index contributed by atoms with van der Waals surface area (Å²) in [6.45, 7) is 2.94. The van der Waals surface area contributed by atoms with Gasteiger partial charge in [0.2, 0.25) is 0 Å². The van der Waals surface area contributed by atoms with Gasteiger partial charge in [0.25, 0.3) is 5.91 Å². The molecule has 3 nitrogen and oxygen atoms in total. The Kier molecular flexibility index (Phi) is 7.38. The second kappa shape index (κ2) is 9.11. The summed E-state index contributed by atoms with van der Waals surface area (Å²) in [5.41, 5.74) is 5.81. The van der Waals surface area contributed by atoms with Crippen molar-refractivity contribution in [3.63, 3.8) is 0 Å². The molecule has 0 fully saturated rings. The minimum absolute atomic E-state index is 0.180. The van der Waals surface area contributed by atoms with Crippen molar-refractivity contribution in [3.05, 3.63) is 35.1 Å². The van der Waals surface area contributed by atoms with E-state index in [1.807, 2.05) is 0 Å². The van der Waals surface area contributed by atoms with E-state index in [0.717, 1.165) is 19.3 Å². The van der Waals surface area contributed by atoms with Crippen LogP contribution in [0.25, 0.3) is 0 Å². The Labute approximate surface area is 119 Å². The van der Waals surface area contributed by atoms with Gasteiger partial charge in [-0.1, -0.05) is 38.0 Å². The van der Waals surface area contributed by atoms with Gasteiger partial charge in [-0.05, 0) is 24.6 Å². The van der Waals surface area contributed by atoms with Crippen molar-refractivity contribution in [3.8, 4) is 11.8 Å². The highest BCUT2D eigenvalue weighted by atomic mass is 19.1. The number of amides is 1. The quantitative estimate of drug-likeness (QED) is 0.619. The van der Waals surface area contributed by atoms with E-state index in [4.69, 9.17) is 5.73 Å². The lowest BCUT2D eigenvalue weighted by molar-refractivity contribution is 0.0952. The minimum atomic E-state index is -0.496. The van der Waals surface area contributed by atoms with Crippen molar-refractivity contribution >= 4 is 5.91 Å². The van der Waals surface area contributed by atoms with Crippen molar-refractivity contribution < 1.29 is 9.18 Å². The highest BCUT2D eigenvalue weighted by molar-refractivity contribution is 5.94. The molecule has 0 bridgehead atoms. The van der Waals surface area contributed by atoms with Gasteiger partial charge in [-0.3, -0.25) is 4.79 Å². The van der Waals surface area contributed by atoms with Gasteiger partial charge in [0, 0.05) is 12.1 Å². The summed E-state index contributed by atoms with van der Waals surface area (Å²) < 4.78 is 13.7. The number of hydrogen-bond donors (Lipinski definition) is 2. The maximum atomic E-state index is 13.7. The van der Waals surface area contributed by atoms with Gasteiger partial charge < -0.3 is 11.1 Å². The van der Waals surface area contributed by atoms with Crippen LogP contribution in [0.2, 0.25) is 0 Å². The number of hydrogen-bond acceptors (Lipinski definition) is 2. The first-order chi connectivity index (χ1) is 9.69. The fourth-order valence-corrected chi connectivity index (χ4v) is 1.76. The summed E-state index contributed by atoms with van der Waals surface area (Å²) in [6.07, 6.45) is 4.37. The Morgan fingerprint density at radius 3 is 2.80 bits per heavy atom. The molecule has 1 aromatic carbocycles. The second-order valence-electron chi connectivity index (χ2n) is 4.52. The van der Waals surface area contributed by atoms with Crippen LogP contribution in [-0.4, -0.2) is 19.0 Å². The van der Waals surface area contributed by atoms with Crippen molar-refractivity contribution in [1.29, 1.82) is 0 Å². The third kappa shape index (κ3) is 5.41. The molecule has 0 atom stereocenters. The van der Waals surface area contributed by atoms with Crippen LogP contribution in [0.4, 0.5) is 4.39 Å². The van der Waals surface area contributed by atoms with E-state index in [1.165, 1.54) is 18.6 Å². The van der Waals surface area contributed by atoms with E-state index in [1.54, 1.807) is 6.07 Å². The van der Waals surface area contributed by atoms with Crippen LogP contribution >= 0.6 is 0 Å². The van der Waals surface area contributed by atoms with Crippen LogP contribution in [0.15, 0.2) is 18.2 Å². The number of carbonyl (C=O) groups is 1. The van der Waals surface area contributed by atoms with Crippen molar-refractivity contribution in [1.82, 2.24) is 5.32 Å². The highest BCUT2D eigenvalue weighted by Gasteiger charge is 2.08. The Morgan fingerprint density at radius 1 is 1.35 bits per heavy atom. The molecule has 1 amide bonds. The summed E-state index contributed by atoms with van der Waals surface area (Å²) in [5.74, 6) is 4.46. The zero-order chi connectivity index (χ0) is 14.8. The van der Waals surface area contributed by atoms with Crippen molar-refractivity contribution in [2.24, 2.45) is 5.73 Å². The minimum Gasteiger partial charge on any atom is -0.352 e. The smallest absolute Gasteiger partial charge is 0.251 e. The Balaban J connectivity index is 2.54. The maximum Gasteiger partial charge on any atom is 0.251 e. The van der Waals surface area contributed by atoms with Gasteiger partial charge >= 0.3 is 0 Å². The molecule has 4 heteroatoms. The number of unbranched alkanes of at least 4 members (excludes halogenated alkanes) is 3. The fourth-order valence-electron chi connectivity index (χ4n) is 1.76. The van der Waals surface area contributed by atoms with Crippen LogP contribution in [0.5, 0.6) is 0 Å². The van der Waals surface area contributed by atoms with Crippen LogP contribution in [0, 0.1) is 17.7 Å². The molecule has 1 aromatic rings. The lowest BCUT2D eigenvalue weighted by atomic mass is 10.1. The van der Waals surface area contributed by atoms with Crippen molar-refractivity contribution in [2.45, 2.75) is 32.6 Å². The van der Waals surface area contributed by atoms with Gasteiger partial charge in [0.15, 0.2) is 0 Å². The lowest BCUT2D eigenvalue weighted by Crippen LogP contribution is -2.24. The fraction of sp³-hybridized carbons (Fsp3) is 0.438. The number of halogens is 1. The van der Waals surface area contributed by atoms with Gasteiger partial charge in [0.1, 0.15) is 5.82 Å². The molecule has 20 heavy (non-hydrogen) atoms. The molecule has 0 unspecified atom stereocenters. The molecule has 108 valence electrons. The van der Waals surface area contributed by atoms with E-state index in [9.17, 15) is 9.18 Å². The molecule has 0 spiro atoms. The van der Waals surface area contributed by atoms with E-state index < -0.39 is 5.82 Å².